The molecule has 20 heavy (non-hydrogen) atoms. The quantitative estimate of drug-likeness (QED) is 0.753. The molecule has 0 aliphatic heterocycles. The van der Waals surface area contributed by atoms with Crippen molar-refractivity contribution in [2.45, 2.75) is 25.2 Å². The zero-order chi connectivity index (χ0) is 13.5. The third kappa shape index (κ3) is 1.66. The fourth-order valence-corrected chi connectivity index (χ4v) is 3.64. The van der Waals surface area contributed by atoms with Gasteiger partial charge in [-0.1, -0.05) is 60.2 Å². The summed E-state index contributed by atoms with van der Waals surface area (Å²) in [7, 11) is 0. The topological polar surface area (TPSA) is 17.1 Å². The van der Waals surface area contributed by atoms with Crippen molar-refractivity contribution in [1.29, 1.82) is 0 Å². The second kappa shape index (κ2) is 4.45. The van der Waals surface area contributed by atoms with E-state index in [-0.39, 0.29) is 0 Å². The summed E-state index contributed by atoms with van der Waals surface area (Å²) in [5.74, 6) is 0.619. The predicted molar refractivity (Wildman–Crippen MR) is 80.5 cm³/mol. The molecule has 0 radical (unpaired) electrons. The summed E-state index contributed by atoms with van der Waals surface area (Å²) >= 11 is 0. The maximum atomic E-state index is 12.5. The third-order valence-corrected chi connectivity index (χ3v) is 4.56. The van der Waals surface area contributed by atoms with Crippen LogP contribution in [0.25, 0.3) is 5.57 Å². The average Bonchev–Trinajstić information content (AvgIpc) is 2.86. The van der Waals surface area contributed by atoms with E-state index in [4.69, 9.17) is 0 Å². The van der Waals surface area contributed by atoms with E-state index in [1.807, 2.05) is 12.1 Å². The van der Waals surface area contributed by atoms with Crippen LogP contribution in [0.3, 0.4) is 0 Å². The first-order chi connectivity index (χ1) is 9.84. The molecule has 98 valence electrons. The number of rotatable bonds is 1. The maximum Gasteiger partial charge on any atom is 0.164 e. The van der Waals surface area contributed by atoms with Gasteiger partial charge in [0.25, 0.3) is 0 Å². The van der Waals surface area contributed by atoms with E-state index < -0.39 is 0 Å². The smallest absolute Gasteiger partial charge is 0.164 e. The summed E-state index contributed by atoms with van der Waals surface area (Å²) in [6.07, 6.45) is 2.73. The van der Waals surface area contributed by atoms with Gasteiger partial charge in [-0.25, -0.2) is 0 Å². The first-order valence-electron chi connectivity index (χ1n) is 7.24. The Balaban J connectivity index is 1.86. The molecule has 0 bridgehead atoms. The molecule has 0 amide bonds. The standard InChI is InChI=1S/C19H16O/c20-18-12-17(13-6-2-1-3-7-13)16-11-10-14-8-4-5-9-15(14)19(16)18/h1-9,17H,10-12H2. The van der Waals surface area contributed by atoms with Gasteiger partial charge in [0.2, 0.25) is 0 Å². The largest absolute Gasteiger partial charge is 0.294 e. The Morgan fingerprint density at radius 2 is 1.60 bits per heavy atom. The number of carbonyl (C=O) groups excluding carboxylic acids is 1. The lowest BCUT2D eigenvalue weighted by Crippen LogP contribution is -2.06. The lowest BCUT2D eigenvalue weighted by molar-refractivity contribution is -0.113. The zero-order valence-electron chi connectivity index (χ0n) is 11.3. The van der Waals surface area contributed by atoms with Gasteiger partial charge in [0.15, 0.2) is 5.78 Å². The zero-order valence-corrected chi connectivity index (χ0v) is 11.3. The van der Waals surface area contributed by atoms with E-state index in [9.17, 15) is 4.79 Å². The number of carbonyl (C=O) groups is 1. The highest BCUT2D eigenvalue weighted by molar-refractivity contribution is 6.25. The van der Waals surface area contributed by atoms with Crippen LogP contribution in [0.15, 0.2) is 60.2 Å². The summed E-state index contributed by atoms with van der Waals surface area (Å²) in [5.41, 5.74) is 6.16. The van der Waals surface area contributed by atoms with Gasteiger partial charge < -0.3 is 0 Å². The summed E-state index contributed by atoms with van der Waals surface area (Å²) in [4.78, 5) is 12.5. The molecule has 4 rings (SSSR count). The molecular weight excluding hydrogens is 244 g/mol. The monoisotopic (exact) mass is 260 g/mol. The highest BCUT2D eigenvalue weighted by atomic mass is 16.1. The van der Waals surface area contributed by atoms with E-state index in [1.54, 1.807) is 0 Å². The Morgan fingerprint density at radius 3 is 2.45 bits per heavy atom. The van der Waals surface area contributed by atoms with Crippen molar-refractivity contribution in [2.75, 3.05) is 0 Å². The van der Waals surface area contributed by atoms with Crippen LogP contribution < -0.4 is 0 Å². The number of fused-ring (bicyclic) bond motifs is 2. The molecule has 2 aliphatic rings. The van der Waals surface area contributed by atoms with Crippen molar-refractivity contribution in [2.24, 2.45) is 0 Å². The molecule has 2 aromatic rings. The van der Waals surface area contributed by atoms with Crippen LogP contribution in [0.4, 0.5) is 0 Å². The predicted octanol–water partition coefficient (Wildman–Crippen LogP) is 4.14. The van der Waals surface area contributed by atoms with Crippen molar-refractivity contribution in [1.82, 2.24) is 0 Å². The van der Waals surface area contributed by atoms with E-state index in [0.717, 1.165) is 18.4 Å². The molecule has 0 saturated carbocycles. The number of Topliss-reactive ketones (excluding diaryl/α,β-unsaturated/α-hetero) is 1. The molecule has 0 saturated heterocycles. The number of hydrogen-bond donors (Lipinski definition) is 0. The second-order valence-corrected chi connectivity index (χ2v) is 5.65. The van der Waals surface area contributed by atoms with Gasteiger partial charge in [-0.05, 0) is 29.5 Å². The summed E-state index contributed by atoms with van der Waals surface area (Å²) in [5, 5.41) is 0. The Labute approximate surface area is 119 Å². The molecule has 2 aliphatic carbocycles. The molecule has 1 atom stereocenters. The highest BCUT2D eigenvalue weighted by Crippen LogP contribution is 2.46. The maximum absolute atomic E-state index is 12.5. The van der Waals surface area contributed by atoms with Crippen LogP contribution in [0.5, 0.6) is 0 Å². The Morgan fingerprint density at radius 1 is 0.850 bits per heavy atom. The van der Waals surface area contributed by atoms with Gasteiger partial charge in [0.05, 0.1) is 0 Å². The molecule has 0 fully saturated rings. The van der Waals surface area contributed by atoms with Gasteiger partial charge in [-0.15, -0.1) is 0 Å². The molecule has 0 aromatic heterocycles. The molecule has 2 aromatic carbocycles. The van der Waals surface area contributed by atoms with Crippen molar-refractivity contribution in [3.8, 4) is 0 Å². The van der Waals surface area contributed by atoms with E-state index in [0.29, 0.717) is 18.1 Å². The minimum absolute atomic E-state index is 0.298. The van der Waals surface area contributed by atoms with Crippen LogP contribution in [0.1, 0.15) is 35.4 Å². The van der Waals surface area contributed by atoms with Gasteiger partial charge in [-0.3, -0.25) is 4.79 Å². The first kappa shape index (κ1) is 11.7. The fourth-order valence-electron chi connectivity index (χ4n) is 3.64. The number of aryl methyl sites for hydroxylation is 1. The average molecular weight is 260 g/mol. The lowest BCUT2D eigenvalue weighted by atomic mass is 9.82. The molecule has 0 heterocycles. The van der Waals surface area contributed by atoms with Crippen LogP contribution in [-0.4, -0.2) is 5.78 Å². The van der Waals surface area contributed by atoms with Crippen molar-refractivity contribution >= 4 is 11.4 Å². The van der Waals surface area contributed by atoms with E-state index >= 15 is 0 Å². The molecule has 0 spiro atoms. The van der Waals surface area contributed by atoms with Crippen LogP contribution in [0, 0.1) is 0 Å². The highest BCUT2D eigenvalue weighted by Gasteiger charge is 2.36. The fraction of sp³-hybridized carbons (Fsp3) is 0.211. The Bertz CT molecular complexity index is 710. The normalized spacial score (nSPS) is 20.8. The van der Waals surface area contributed by atoms with Crippen molar-refractivity contribution in [3.05, 3.63) is 76.9 Å². The lowest BCUT2D eigenvalue weighted by Gasteiger charge is -2.21. The minimum Gasteiger partial charge on any atom is -0.294 e. The van der Waals surface area contributed by atoms with E-state index in [1.165, 1.54) is 22.3 Å². The van der Waals surface area contributed by atoms with Gasteiger partial charge in [0, 0.05) is 17.9 Å². The van der Waals surface area contributed by atoms with E-state index in [2.05, 4.69) is 42.5 Å². The SMILES string of the molecule is O=C1CC(c2ccccc2)C2=C1c1ccccc1CC2. The number of allylic oxidation sites excluding steroid dienone is 2. The van der Waals surface area contributed by atoms with Crippen LogP contribution in [0.2, 0.25) is 0 Å². The number of ketones is 1. The number of hydrogen-bond acceptors (Lipinski definition) is 1. The Hall–Kier alpha value is -2.15. The molecule has 1 unspecified atom stereocenters. The van der Waals surface area contributed by atoms with Crippen LogP contribution in [-0.2, 0) is 11.2 Å². The molecule has 0 N–H and O–H groups in total. The van der Waals surface area contributed by atoms with Crippen LogP contribution >= 0.6 is 0 Å². The Kier molecular flexibility index (Phi) is 2.59. The third-order valence-electron chi connectivity index (χ3n) is 4.56. The van der Waals surface area contributed by atoms with Crippen molar-refractivity contribution < 1.29 is 4.79 Å². The van der Waals surface area contributed by atoms with Gasteiger partial charge in [0.1, 0.15) is 0 Å². The van der Waals surface area contributed by atoms with Gasteiger partial charge in [-0.2, -0.15) is 0 Å². The summed E-state index contributed by atoms with van der Waals surface area (Å²) < 4.78 is 0. The second-order valence-electron chi connectivity index (χ2n) is 5.65. The molecule has 1 nitrogen and oxygen atoms in total. The summed E-state index contributed by atoms with van der Waals surface area (Å²) in [6.45, 7) is 0. The first-order valence-corrected chi connectivity index (χ1v) is 7.24. The number of benzene rings is 2. The molecular formula is C19H16O. The minimum atomic E-state index is 0.298. The summed E-state index contributed by atoms with van der Waals surface area (Å²) in [6, 6.07) is 18.8. The van der Waals surface area contributed by atoms with Gasteiger partial charge >= 0.3 is 0 Å². The molecule has 1 heteroatoms. The van der Waals surface area contributed by atoms with Crippen molar-refractivity contribution in [3.63, 3.8) is 0 Å².